The molecule has 0 saturated carbocycles. The number of carbonyl (C=O) groups excluding carboxylic acids is 1. The van der Waals surface area contributed by atoms with Crippen LogP contribution in [0.1, 0.15) is 28.2 Å². The highest BCUT2D eigenvalue weighted by atomic mass is 19.1. The number of hydrogen-bond acceptors (Lipinski definition) is 2. The van der Waals surface area contributed by atoms with E-state index in [0.29, 0.717) is 12.8 Å². The number of rotatable bonds is 1. The van der Waals surface area contributed by atoms with Crippen LogP contribution >= 0.6 is 0 Å². The number of methoxy groups -OCH3 is 1. The third kappa shape index (κ3) is 2.42. The molecule has 1 aliphatic carbocycles. The van der Waals surface area contributed by atoms with Crippen molar-refractivity contribution in [3.05, 3.63) is 70.3 Å². The summed E-state index contributed by atoms with van der Waals surface area (Å²) in [5, 5.41) is 0. The second kappa shape index (κ2) is 5.28. The molecule has 0 N–H and O–H groups in total. The van der Waals surface area contributed by atoms with Crippen LogP contribution in [-0.2, 0) is 22.4 Å². The molecule has 0 aliphatic heterocycles. The Morgan fingerprint density at radius 1 is 1.00 bits per heavy atom. The number of ether oxygens (including phenoxy) is 1. The molecule has 0 saturated heterocycles. The van der Waals surface area contributed by atoms with Crippen molar-refractivity contribution in [2.45, 2.75) is 18.8 Å². The first-order valence-corrected chi connectivity index (χ1v) is 6.74. The number of hydrogen-bond donors (Lipinski definition) is 0. The van der Waals surface area contributed by atoms with Gasteiger partial charge in [0, 0.05) is 0 Å². The summed E-state index contributed by atoms with van der Waals surface area (Å²) in [7, 11) is 1.32. The molecule has 0 unspecified atom stereocenters. The van der Waals surface area contributed by atoms with Gasteiger partial charge >= 0.3 is 5.97 Å². The van der Waals surface area contributed by atoms with Gasteiger partial charge in [0.1, 0.15) is 17.6 Å². The van der Waals surface area contributed by atoms with Crippen molar-refractivity contribution in [1.29, 1.82) is 0 Å². The Labute approximate surface area is 121 Å². The zero-order chi connectivity index (χ0) is 15.0. The zero-order valence-corrected chi connectivity index (χ0v) is 11.5. The number of aryl methyl sites for hydroxylation is 2. The van der Waals surface area contributed by atoms with Crippen LogP contribution < -0.4 is 0 Å². The molecule has 0 heterocycles. The van der Waals surface area contributed by atoms with Crippen LogP contribution in [0.25, 0.3) is 0 Å². The average Bonchev–Trinajstić information content (AvgIpc) is 2.63. The molecule has 0 spiro atoms. The molecule has 2 aromatic carbocycles. The average molecular weight is 288 g/mol. The second-order valence-electron chi connectivity index (χ2n) is 5.14. The van der Waals surface area contributed by atoms with E-state index in [-0.39, 0.29) is 11.6 Å². The highest BCUT2D eigenvalue weighted by Crippen LogP contribution is 2.35. The maximum atomic E-state index is 13.5. The van der Waals surface area contributed by atoms with E-state index >= 15 is 0 Å². The minimum Gasteiger partial charge on any atom is -0.468 e. The maximum absolute atomic E-state index is 13.5. The third-order valence-electron chi connectivity index (χ3n) is 3.93. The van der Waals surface area contributed by atoms with Crippen LogP contribution in [0.2, 0.25) is 0 Å². The lowest BCUT2D eigenvalue weighted by Gasteiger charge is -2.18. The first kappa shape index (κ1) is 13.7. The van der Waals surface area contributed by atoms with Gasteiger partial charge in [-0.1, -0.05) is 12.1 Å². The number of halogens is 2. The Morgan fingerprint density at radius 2 is 1.48 bits per heavy atom. The van der Waals surface area contributed by atoms with Gasteiger partial charge in [-0.25, -0.2) is 8.78 Å². The fourth-order valence-corrected chi connectivity index (χ4v) is 2.95. The van der Waals surface area contributed by atoms with E-state index in [1.165, 1.54) is 31.4 Å². The standard InChI is InChI=1S/C17H14F2O2/c1-21-17(20)16-14-6-4-12(18)8-10(14)2-3-11-9-13(19)5-7-15(11)16/h4-9,16H,2-3H2,1H3. The summed E-state index contributed by atoms with van der Waals surface area (Å²) in [6.07, 6.45) is 1.13. The summed E-state index contributed by atoms with van der Waals surface area (Å²) in [5.41, 5.74) is 2.99. The van der Waals surface area contributed by atoms with E-state index in [1.807, 2.05) is 0 Å². The van der Waals surface area contributed by atoms with Crippen LogP contribution in [0.4, 0.5) is 8.78 Å². The van der Waals surface area contributed by atoms with Crippen LogP contribution in [0.15, 0.2) is 36.4 Å². The van der Waals surface area contributed by atoms with Gasteiger partial charge in [-0.2, -0.15) is 0 Å². The van der Waals surface area contributed by atoms with Crippen LogP contribution in [-0.4, -0.2) is 13.1 Å². The highest BCUT2D eigenvalue weighted by molar-refractivity contribution is 5.83. The van der Waals surface area contributed by atoms with E-state index in [1.54, 1.807) is 12.1 Å². The van der Waals surface area contributed by atoms with Crippen molar-refractivity contribution in [3.63, 3.8) is 0 Å². The second-order valence-corrected chi connectivity index (χ2v) is 5.14. The van der Waals surface area contributed by atoms with Gasteiger partial charge in [0.2, 0.25) is 0 Å². The molecule has 1 aliphatic rings. The van der Waals surface area contributed by atoms with Crippen molar-refractivity contribution in [1.82, 2.24) is 0 Å². The minimum atomic E-state index is -0.635. The topological polar surface area (TPSA) is 26.3 Å². The first-order chi connectivity index (χ1) is 10.1. The summed E-state index contributed by atoms with van der Waals surface area (Å²) in [5.74, 6) is -1.73. The Balaban J connectivity index is 2.22. The van der Waals surface area contributed by atoms with Crippen molar-refractivity contribution < 1.29 is 18.3 Å². The Hall–Kier alpha value is -2.23. The quantitative estimate of drug-likeness (QED) is 0.752. The Bertz CT molecular complexity index is 656. The number of carbonyl (C=O) groups is 1. The molecule has 4 heteroatoms. The highest BCUT2D eigenvalue weighted by Gasteiger charge is 2.30. The predicted molar refractivity (Wildman–Crippen MR) is 74.1 cm³/mol. The molecular weight excluding hydrogens is 274 g/mol. The molecule has 21 heavy (non-hydrogen) atoms. The summed E-state index contributed by atoms with van der Waals surface area (Å²) in [4.78, 5) is 12.2. The van der Waals surface area contributed by atoms with Crippen LogP contribution in [0, 0.1) is 11.6 Å². The van der Waals surface area contributed by atoms with Gasteiger partial charge in [0.15, 0.2) is 0 Å². The molecule has 108 valence electrons. The number of benzene rings is 2. The van der Waals surface area contributed by atoms with Gasteiger partial charge in [-0.15, -0.1) is 0 Å². The molecule has 2 aromatic rings. The van der Waals surface area contributed by atoms with E-state index < -0.39 is 11.9 Å². The van der Waals surface area contributed by atoms with Gasteiger partial charge in [0.25, 0.3) is 0 Å². The fourth-order valence-electron chi connectivity index (χ4n) is 2.95. The molecule has 0 radical (unpaired) electrons. The van der Waals surface area contributed by atoms with Crippen molar-refractivity contribution >= 4 is 5.97 Å². The number of esters is 1. The lowest BCUT2D eigenvalue weighted by molar-refractivity contribution is -0.141. The van der Waals surface area contributed by atoms with Gasteiger partial charge < -0.3 is 4.74 Å². The minimum absolute atomic E-state index is 0.338. The van der Waals surface area contributed by atoms with Gasteiger partial charge in [0.05, 0.1) is 7.11 Å². The summed E-state index contributed by atoms with van der Waals surface area (Å²) in [6.45, 7) is 0. The van der Waals surface area contributed by atoms with Gasteiger partial charge in [-0.3, -0.25) is 4.79 Å². The summed E-state index contributed by atoms with van der Waals surface area (Å²) in [6, 6.07) is 8.78. The predicted octanol–water partition coefficient (Wildman–Crippen LogP) is 3.37. The van der Waals surface area contributed by atoms with Crippen molar-refractivity contribution in [2.24, 2.45) is 0 Å². The molecule has 0 aromatic heterocycles. The monoisotopic (exact) mass is 288 g/mol. The molecule has 0 amide bonds. The zero-order valence-electron chi connectivity index (χ0n) is 11.5. The van der Waals surface area contributed by atoms with E-state index in [4.69, 9.17) is 4.74 Å². The van der Waals surface area contributed by atoms with Crippen LogP contribution in [0.5, 0.6) is 0 Å². The molecule has 0 bridgehead atoms. The summed E-state index contributed by atoms with van der Waals surface area (Å²) < 4.78 is 31.8. The normalized spacial score (nSPS) is 14.0. The molecule has 0 atom stereocenters. The third-order valence-corrected chi connectivity index (χ3v) is 3.93. The molecule has 2 nitrogen and oxygen atoms in total. The van der Waals surface area contributed by atoms with E-state index in [9.17, 15) is 13.6 Å². The van der Waals surface area contributed by atoms with Crippen molar-refractivity contribution in [2.75, 3.05) is 7.11 Å². The summed E-state index contributed by atoms with van der Waals surface area (Å²) >= 11 is 0. The molecular formula is C17H14F2O2. The molecule has 0 fully saturated rings. The van der Waals surface area contributed by atoms with Gasteiger partial charge in [-0.05, 0) is 59.4 Å². The maximum Gasteiger partial charge on any atom is 0.317 e. The number of fused-ring (bicyclic) bond motifs is 2. The van der Waals surface area contributed by atoms with E-state index in [0.717, 1.165) is 22.3 Å². The fraction of sp³-hybridized carbons (Fsp3) is 0.235. The largest absolute Gasteiger partial charge is 0.468 e. The molecule has 3 rings (SSSR count). The van der Waals surface area contributed by atoms with Crippen molar-refractivity contribution in [3.8, 4) is 0 Å². The Kier molecular flexibility index (Phi) is 3.45. The smallest absolute Gasteiger partial charge is 0.317 e. The lowest BCUT2D eigenvalue weighted by atomic mass is 9.88. The van der Waals surface area contributed by atoms with E-state index in [2.05, 4.69) is 0 Å². The first-order valence-electron chi connectivity index (χ1n) is 6.74. The Morgan fingerprint density at radius 3 is 1.90 bits per heavy atom. The van der Waals surface area contributed by atoms with Crippen LogP contribution in [0.3, 0.4) is 0 Å². The lowest BCUT2D eigenvalue weighted by Crippen LogP contribution is -2.17. The SMILES string of the molecule is COC(=O)C1c2ccc(F)cc2CCc2cc(F)ccc21.